The molecule has 0 amide bonds. The topological polar surface area (TPSA) is 88.8 Å². The maximum absolute atomic E-state index is 12.3. The summed E-state index contributed by atoms with van der Waals surface area (Å²) in [7, 11) is -3.69. The van der Waals surface area contributed by atoms with E-state index in [2.05, 4.69) is 4.72 Å². The SMILES string of the molecule is CCOc1ccccc1S(=O)(=O)NCCC(O)c1ccco1. The molecule has 0 radical (unpaired) electrons. The first kappa shape index (κ1) is 16.5. The number of furan rings is 1. The summed E-state index contributed by atoms with van der Waals surface area (Å²) >= 11 is 0. The van der Waals surface area contributed by atoms with Gasteiger partial charge in [-0.25, -0.2) is 13.1 Å². The van der Waals surface area contributed by atoms with E-state index in [-0.39, 0.29) is 17.9 Å². The molecule has 1 atom stereocenters. The van der Waals surface area contributed by atoms with Gasteiger partial charge in [-0.2, -0.15) is 0 Å². The largest absolute Gasteiger partial charge is 0.492 e. The number of benzene rings is 1. The lowest BCUT2D eigenvalue weighted by Gasteiger charge is -2.12. The van der Waals surface area contributed by atoms with Crippen molar-refractivity contribution >= 4 is 10.0 Å². The molecule has 7 heteroatoms. The van der Waals surface area contributed by atoms with Crippen LogP contribution in [-0.4, -0.2) is 26.7 Å². The van der Waals surface area contributed by atoms with Crippen LogP contribution in [0.25, 0.3) is 0 Å². The van der Waals surface area contributed by atoms with Crippen LogP contribution in [0.4, 0.5) is 0 Å². The van der Waals surface area contributed by atoms with E-state index in [1.54, 1.807) is 37.3 Å². The quantitative estimate of drug-likeness (QED) is 0.776. The van der Waals surface area contributed by atoms with Crippen molar-refractivity contribution in [1.82, 2.24) is 4.72 Å². The summed E-state index contributed by atoms with van der Waals surface area (Å²) in [6.07, 6.45) is 0.824. The minimum absolute atomic E-state index is 0.0874. The Labute approximate surface area is 129 Å². The molecule has 1 aromatic carbocycles. The molecule has 0 aliphatic rings. The van der Waals surface area contributed by atoms with Gasteiger partial charge in [-0.3, -0.25) is 0 Å². The van der Waals surface area contributed by atoms with E-state index in [1.807, 2.05) is 0 Å². The molecule has 0 bridgehead atoms. The number of sulfonamides is 1. The van der Waals surface area contributed by atoms with E-state index in [1.165, 1.54) is 12.3 Å². The minimum atomic E-state index is -3.69. The Balaban J connectivity index is 1.99. The molecule has 0 fully saturated rings. The van der Waals surface area contributed by atoms with Crippen molar-refractivity contribution in [1.29, 1.82) is 0 Å². The molecule has 2 N–H and O–H groups in total. The zero-order valence-electron chi connectivity index (χ0n) is 12.2. The van der Waals surface area contributed by atoms with E-state index in [9.17, 15) is 13.5 Å². The molecule has 0 spiro atoms. The molecule has 6 nitrogen and oxygen atoms in total. The molecule has 1 unspecified atom stereocenters. The number of aliphatic hydroxyl groups is 1. The maximum Gasteiger partial charge on any atom is 0.244 e. The van der Waals surface area contributed by atoms with Crippen LogP contribution in [0.1, 0.15) is 25.2 Å². The lowest BCUT2D eigenvalue weighted by atomic mass is 10.2. The first-order valence-electron chi connectivity index (χ1n) is 6.97. The number of hydrogen-bond acceptors (Lipinski definition) is 5. The first-order chi connectivity index (χ1) is 10.5. The Bertz CT molecular complexity index is 682. The third kappa shape index (κ3) is 4.09. The van der Waals surface area contributed by atoms with Gasteiger partial charge in [0.1, 0.15) is 22.5 Å². The van der Waals surface area contributed by atoms with Crippen molar-refractivity contribution in [3.05, 3.63) is 48.4 Å². The van der Waals surface area contributed by atoms with Gasteiger partial charge in [-0.1, -0.05) is 12.1 Å². The number of para-hydroxylation sites is 1. The van der Waals surface area contributed by atoms with Crippen LogP contribution >= 0.6 is 0 Å². The molecule has 0 saturated carbocycles. The lowest BCUT2D eigenvalue weighted by molar-refractivity contribution is 0.141. The molecule has 0 saturated heterocycles. The third-order valence-electron chi connectivity index (χ3n) is 3.02. The zero-order chi connectivity index (χ0) is 16.0. The second-order valence-electron chi connectivity index (χ2n) is 4.60. The Morgan fingerprint density at radius 3 is 2.73 bits per heavy atom. The first-order valence-corrected chi connectivity index (χ1v) is 8.46. The number of ether oxygens (including phenoxy) is 1. The second-order valence-corrected chi connectivity index (χ2v) is 6.33. The van der Waals surface area contributed by atoms with E-state index in [4.69, 9.17) is 9.15 Å². The van der Waals surface area contributed by atoms with Crippen molar-refractivity contribution in [2.45, 2.75) is 24.3 Å². The van der Waals surface area contributed by atoms with Crippen LogP contribution in [-0.2, 0) is 10.0 Å². The normalized spacial score (nSPS) is 13.0. The highest BCUT2D eigenvalue weighted by Crippen LogP contribution is 2.23. The second kappa shape index (κ2) is 7.44. The fourth-order valence-corrected chi connectivity index (χ4v) is 3.17. The molecule has 0 aliphatic carbocycles. The molecule has 1 heterocycles. The predicted molar refractivity (Wildman–Crippen MR) is 81.1 cm³/mol. The van der Waals surface area contributed by atoms with E-state index in [0.29, 0.717) is 18.1 Å². The minimum Gasteiger partial charge on any atom is -0.492 e. The van der Waals surface area contributed by atoms with Gasteiger partial charge in [-0.05, 0) is 37.6 Å². The molecule has 2 rings (SSSR count). The van der Waals surface area contributed by atoms with E-state index in [0.717, 1.165) is 0 Å². The number of nitrogens with one attached hydrogen (secondary N) is 1. The average molecular weight is 325 g/mol. The van der Waals surface area contributed by atoms with E-state index < -0.39 is 16.1 Å². The van der Waals surface area contributed by atoms with Crippen molar-refractivity contribution in [2.75, 3.05) is 13.2 Å². The predicted octanol–water partition coefficient (Wildman–Crippen LogP) is 2.08. The lowest BCUT2D eigenvalue weighted by Crippen LogP contribution is -2.26. The van der Waals surface area contributed by atoms with Crippen molar-refractivity contribution in [2.24, 2.45) is 0 Å². The summed E-state index contributed by atoms with van der Waals surface area (Å²) in [5, 5.41) is 9.86. The van der Waals surface area contributed by atoms with Crippen LogP contribution < -0.4 is 9.46 Å². The van der Waals surface area contributed by atoms with Gasteiger partial charge in [0.25, 0.3) is 0 Å². The summed E-state index contributed by atoms with van der Waals surface area (Å²) in [5.41, 5.74) is 0. The molecule has 22 heavy (non-hydrogen) atoms. The summed E-state index contributed by atoms with van der Waals surface area (Å²) in [5.74, 6) is 0.720. The standard InChI is InChI=1S/C15H19NO5S/c1-2-20-14-6-3-4-8-15(14)22(18,19)16-10-9-12(17)13-7-5-11-21-13/h3-8,11-12,16-17H,2,9-10H2,1H3. The summed E-state index contributed by atoms with van der Waals surface area (Å²) in [6.45, 7) is 2.25. The smallest absolute Gasteiger partial charge is 0.244 e. The molecule has 0 aliphatic heterocycles. The molecular formula is C15H19NO5S. The number of hydrogen-bond donors (Lipinski definition) is 2. The third-order valence-corrected chi connectivity index (χ3v) is 4.52. The highest BCUT2D eigenvalue weighted by atomic mass is 32.2. The van der Waals surface area contributed by atoms with Crippen LogP contribution in [0.15, 0.2) is 52.0 Å². The van der Waals surface area contributed by atoms with Gasteiger partial charge in [0.2, 0.25) is 10.0 Å². The van der Waals surface area contributed by atoms with Crippen LogP contribution in [0.3, 0.4) is 0 Å². The van der Waals surface area contributed by atoms with Gasteiger partial charge in [-0.15, -0.1) is 0 Å². The molecule has 2 aromatic rings. The molecule has 120 valence electrons. The fourth-order valence-electron chi connectivity index (χ4n) is 1.98. The van der Waals surface area contributed by atoms with Gasteiger partial charge >= 0.3 is 0 Å². The monoisotopic (exact) mass is 325 g/mol. The van der Waals surface area contributed by atoms with E-state index >= 15 is 0 Å². The summed E-state index contributed by atoms with van der Waals surface area (Å²) in [6, 6.07) is 9.75. The fraction of sp³-hybridized carbons (Fsp3) is 0.333. The average Bonchev–Trinajstić information content (AvgIpc) is 3.02. The summed E-state index contributed by atoms with van der Waals surface area (Å²) in [4.78, 5) is 0.0874. The summed E-state index contributed by atoms with van der Waals surface area (Å²) < 4.78 is 37.4. The van der Waals surface area contributed by atoms with Crippen molar-refractivity contribution in [3.8, 4) is 5.75 Å². The number of aliphatic hydroxyl groups excluding tert-OH is 1. The Kier molecular flexibility index (Phi) is 5.59. The Hall–Kier alpha value is -1.83. The Morgan fingerprint density at radius 1 is 1.27 bits per heavy atom. The van der Waals surface area contributed by atoms with Crippen LogP contribution in [0.5, 0.6) is 5.75 Å². The van der Waals surface area contributed by atoms with Crippen molar-refractivity contribution in [3.63, 3.8) is 0 Å². The van der Waals surface area contributed by atoms with Crippen LogP contribution in [0.2, 0.25) is 0 Å². The zero-order valence-corrected chi connectivity index (χ0v) is 13.0. The number of rotatable bonds is 8. The molecule has 1 aromatic heterocycles. The van der Waals surface area contributed by atoms with Gasteiger partial charge in [0.05, 0.1) is 12.9 Å². The van der Waals surface area contributed by atoms with Gasteiger partial charge in [0, 0.05) is 6.54 Å². The molecular weight excluding hydrogens is 306 g/mol. The van der Waals surface area contributed by atoms with Crippen LogP contribution in [0, 0.1) is 0 Å². The maximum atomic E-state index is 12.3. The highest BCUT2D eigenvalue weighted by Gasteiger charge is 2.19. The van der Waals surface area contributed by atoms with Gasteiger partial charge < -0.3 is 14.3 Å². The highest BCUT2D eigenvalue weighted by molar-refractivity contribution is 7.89. The van der Waals surface area contributed by atoms with Crippen molar-refractivity contribution < 1.29 is 22.7 Å². The Morgan fingerprint density at radius 2 is 2.05 bits per heavy atom. The van der Waals surface area contributed by atoms with Gasteiger partial charge in [0.15, 0.2) is 0 Å².